The number of ketones is 1. The number of carbonyl (C=O) groups is 1. The molecule has 3 aromatic rings. The van der Waals surface area contributed by atoms with E-state index < -0.39 is 0 Å². The Hall–Kier alpha value is -2.17. The summed E-state index contributed by atoms with van der Waals surface area (Å²) < 4.78 is 1.97. The lowest BCUT2D eigenvalue weighted by molar-refractivity contribution is 0.104. The van der Waals surface area contributed by atoms with Crippen molar-refractivity contribution in [2.75, 3.05) is 20.6 Å². The molecule has 1 aromatic heterocycles. The van der Waals surface area contributed by atoms with Crippen molar-refractivity contribution in [1.82, 2.24) is 14.7 Å². The summed E-state index contributed by atoms with van der Waals surface area (Å²) in [5, 5.41) is 6.15. The van der Waals surface area contributed by atoms with Crippen molar-refractivity contribution in [3.8, 4) is 11.3 Å². The maximum Gasteiger partial charge on any atom is 0.195 e. The van der Waals surface area contributed by atoms with Crippen LogP contribution in [0.2, 0.25) is 5.02 Å². The molecule has 116 valence electrons. The minimum absolute atomic E-state index is 0.0177. The van der Waals surface area contributed by atoms with Gasteiger partial charge in [-0.3, -0.25) is 9.48 Å². The fourth-order valence-electron chi connectivity index (χ4n) is 3.14. The molecule has 0 amide bonds. The van der Waals surface area contributed by atoms with Crippen LogP contribution in [0.4, 0.5) is 0 Å². The number of carbonyl (C=O) groups excluding carboxylic acids is 1. The van der Waals surface area contributed by atoms with E-state index in [0.717, 1.165) is 35.2 Å². The van der Waals surface area contributed by atoms with E-state index in [9.17, 15) is 4.79 Å². The Morgan fingerprint density at radius 1 is 1.13 bits per heavy atom. The van der Waals surface area contributed by atoms with Gasteiger partial charge in [-0.25, -0.2) is 0 Å². The first-order valence-corrected chi connectivity index (χ1v) is 7.93. The van der Waals surface area contributed by atoms with Crippen molar-refractivity contribution in [2.45, 2.75) is 6.54 Å². The van der Waals surface area contributed by atoms with E-state index in [1.165, 1.54) is 0 Å². The molecular weight excluding hydrogens is 310 g/mol. The van der Waals surface area contributed by atoms with Crippen LogP contribution < -0.4 is 0 Å². The van der Waals surface area contributed by atoms with Crippen LogP contribution in [0.15, 0.2) is 36.4 Å². The van der Waals surface area contributed by atoms with Gasteiger partial charge >= 0.3 is 0 Å². The number of rotatable bonds is 3. The Balaban J connectivity index is 2.03. The van der Waals surface area contributed by atoms with Gasteiger partial charge < -0.3 is 4.90 Å². The highest BCUT2D eigenvalue weighted by Gasteiger charge is 2.30. The zero-order chi connectivity index (χ0) is 16.1. The molecule has 1 heterocycles. The SMILES string of the molecule is CN(C)CCn1nc2c3c(c(Cl)ccc31)C(=O)c1ccccc1-2. The number of hydrogen-bond donors (Lipinski definition) is 0. The van der Waals surface area contributed by atoms with Gasteiger partial charge in [0.2, 0.25) is 0 Å². The first-order chi connectivity index (χ1) is 11.1. The number of hydrogen-bond acceptors (Lipinski definition) is 3. The van der Waals surface area contributed by atoms with Gasteiger partial charge in [-0.05, 0) is 26.2 Å². The number of fused-ring (bicyclic) bond motifs is 2. The minimum atomic E-state index is -0.0177. The smallest absolute Gasteiger partial charge is 0.195 e. The number of benzene rings is 2. The molecule has 0 atom stereocenters. The maximum atomic E-state index is 12.9. The van der Waals surface area contributed by atoms with E-state index in [1.54, 1.807) is 6.07 Å². The van der Waals surface area contributed by atoms with Gasteiger partial charge in [0, 0.05) is 23.1 Å². The molecule has 0 saturated carbocycles. The van der Waals surface area contributed by atoms with E-state index in [-0.39, 0.29) is 5.78 Å². The molecule has 0 saturated heterocycles. The summed E-state index contributed by atoms with van der Waals surface area (Å²) in [6, 6.07) is 11.4. The fourth-order valence-corrected chi connectivity index (χ4v) is 3.39. The van der Waals surface area contributed by atoms with Gasteiger partial charge in [0.15, 0.2) is 5.78 Å². The molecule has 1 aliphatic carbocycles. The Morgan fingerprint density at radius 3 is 2.61 bits per heavy atom. The summed E-state index contributed by atoms with van der Waals surface area (Å²) in [6.45, 7) is 1.64. The van der Waals surface area contributed by atoms with Crippen LogP contribution in [0.1, 0.15) is 15.9 Å². The molecule has 2 aromatic carbocycles. The first-order valence-electron chi connectivity index (χ1n) is 7.56. The summed E-state index contributed by atoms with van der Waals surface area (Å²) in [6.07, 6.45) is 0. The molecular formula is C18H16ClN3O. The van der Waals surface area contributed by atoms with E-state index in [0.29, 0.717) is 16.1 Å². The van der Waals surface area contributed by atoms with Crippen LogP contribution in [-0.4, -0.2) is 41.1 Å². The average molecular weight is 326 g/mol. The number of halogens is 1. The lowest BCUT2D eigenvalue weighted by atomic mass is 9.87. The molecule has 0 aliphatic heterocycles. The van der Waals surface area contributed by atoms with Gasteiger partial charge in [0.05, 0.1) is 22.6 Å². The standard InChI is InChI=1S/C18H16ClN3O/c1-21(2)9-10-22-14-8-7-13(19)15-16(14)17(20-22)11-5-3-4-6-12(11)18(15)23/h3-8H,9-10H2,1-2H3. The van der Waals surface area contributed by atoms with E-state index in [4.69, 9.17) is 16.7 Å². The van der Waals surface area contributed by atoms with Crippen LogP contribution >= 0.6 is 11.6 Å². The zero-order valence-electron chi connectivity index (χ0n) is 13.0. The molecule has 23 heavy (non-hydrogen) atoms. The Kier molecular flexibility index (Phi) is 3.25. The van der Waals surface area contributed by atoms with Crippen molar-refractivity contribution < 1.29 is 4.79 Å². The monoisotopic (exact) mass is 325 g/mol. The Bertz CT molecular complexity index is 943. The summed E-state index contributed by atoms with van der Waals surface area (Å²) in [5.41, 5.74) is 3.96. The van der Waals surface area contributed by atoms with Crippen LogP contribution in [-0.2, 0) is 6.54 Å². The fraction of sp³-hybridized carbons (Fsp3) is 0.222. The Labute approximate surface area is 139 Å². The molecule has 0 unspecified atom stereocenters. The first kappa shape index (κ1) is 14.4. The molecule has 0 fully saturated rings. The molecule has 5 heteroatoms. The van der Waals surface area contributed by atoms with Crippen LogP contribution in [0.5, 0.6) is 0 Å². The highest BCUT2D eigenvalue weighted by atomic mass is 35.5. The van der Waals surface area contributed by atoms with E-state index >= 15 is 0 Å². The number of nitrogens with zero attached hydrogens (tertiary/aromatic N) is 3. The van der Waals surface area contributed by atoms with Crippen molar-refractivity contribution in [2.24, 2.45) is 0 Å². The molecule has 0 bridgehead atoms. The third-order valence-corrected chi connectivity index (χ3v) is 4.60. The van der Waals surface area contributed by atoms with Gasteiger partial charge in [-0.1, -0.05) is 35.9 Å². The highest BCUT2D eigenvalue weighted by molar-refractivity contribution is 6.39. The quantitative estimate of drug-likeness (QED) is 0.579. The van der Waals surface area contributed by atoms with Gasteiger partial charge in [-0.15, -0.1) is 0 Å². The Morgan fingerprint density at radius 2 is 1.87 bits per heavy atom. The summed E-state index contributed by atoms with van der Waals surface area (Å²) in [5.74, 6) is -0.0177. The molecule has 0 N–H and O–H groups in total. The van der Waals surface area contributed by atoms with Crippen LogP contribution in [0.3, 0.4) is 0 Å². The third kappa shape index (κ3) is 2.10. The summed E-state index contributed by atoms with van der Waals surface area (Å²) in [7, 11) is 4.07. The largest absolute Gasteiger partial charge is 0.308 e. The van der Waals surface area contributed by atoms with Gasteiger partial charge in [-0.2, -0.15) is 5.10 Å². The second-order valence-corrected chi connectivity index (χ2v) is 6.47. The lowest BCUT2D eigenvalue weighted by Crippen LogP contribution is -2.18. The lowest BCUT2D eigenvalue weighted by Gasteiger charge is -2.15. The number of aromatic nitrogens is 2. The second kappa shape index (κ2) is 5.18. The average Bonchev–Trinajstić information content (AvgIpc) is 2.91. The molecule has 0 spiro atoms. The minimum Gasteiger partial charge on any atom is -0.308 e. The normalized spacial score (nSPS) is 13.0. The highest BCUT2D eigenvalue weighted by Crippen LogP contribution is 2.41. The van der Waals surface area contributed by atoms with E-state index in [2.05, 4.69) is 4.90 Å². The second-order valence-electron chi connectivity index (χ2n) is 6.07. The van der Waals surface area contributed by atoms with Crippen LogP contribution in [0, 0.1) is 0 Å². The predicted octanol–water partition coefficient (Wildman–Crippen LogP) is 3.46. The van der Waals surface area contributed by atoms with Crippen molar-refractivity contribution in [1.29, 1.82) is 0 Å². The summed E-state index contributed by atoms with van der Waals surface area (Å²) in [4.78, 5) is 15.0. The molecule has 4 rings (SSSR count). The molecule has 4 nitrogen and oxygen atoms in total. The predicted molar refractivity (Wildman–Crippen MR) is 92.2 cm³/mol. The zero-order valence-corrected chi connectivity index (χ0v) is 13.8. The van der Waals surface area contributed by atoms with Gasteiger partial charge in [0.25, 0.3) is 0 Å². The summed E-state index contributed by atoms with van der Waals surface area (Å²) >= 11 is 6.34. The molecule has 1 aliphatic rings. The van der Waals surface area contributed by atoms with E-state index in [1.807, 2.05) is 49.1 Å². The van der Waals surface area contributed by atoms with Crippen molar-refractivity contribution >= 4 is 28.3 Å². The van der Waals surface area contributed by atoms with Crippen LogP contribution in [0.25, 0.3) is 22.2 Å². The van der Waals surface area contributed by atoms with Gasteiger partial charge in [0.1, 0.15) is 5.69 Å². The topological polar surface area (TPSA) is 38.1 Å². The van der Waals surface area contributed by atoms with Crippen molar-refractivity contribution in [3.05, 3.63) is 52.5 Å². The van der Waals surface area contributed by atoms with Crippen molar-refractivity contribution in [3.63, 3.8) is 0 Å². The molecule has 0 radical (unpaired) electrons. The number of likely N-dealkylation sites (N-methyl/N-ethyl adjacent to an activating group) is 1. The maximum absolute atomic E-state index is 12.9. The third-order valence-electron chi connectivity index (χ3n) is 4.28.